The second-order valence-electron chi connectivity index (χ2n) is 4.62. The van der Waals surface area contributed by atoms with E-state index in [2.05, 4.69) is 15.3 Å². The minimum atomic E-state index is -0.650. The van der Waals surface area contributed by atoms with Crippen LogP contribution in [0.4, 0.5) is 0 Å². The van der Waals surface area contributed by atoms with Crippen LogP contribution >= 0.6 is 11.8 Å². The van der Waals surface area contributed by atoms with E-state index in [1.807, 2.05) is 20.8 Å². The number of thioether (sulfide) groups is 1. The molecule has 5 nitrogen and oxygen atoms in total. The molecule has 0 amide bonds. The smallest absolute Gasteiger partial charge is 0.325 e. The molecule has 6 heteroatoms. The molecule has 0 radical (unpaired) electrons. The van der Waals surface area contributed by atoms with Crippen molar-refractivity contribution in [1.29, 1.82) is 0 Å². The van der Waals surface area contributed by atoms with Crippen LogP contribution in [0.15, 0.2) is 17.6 Å². The highest BCUT2D eigenvalue weighted by Crippen LogP contribution is 2.20. The van der Waals surface area contributed by atoms with E-state index in [-0.39, 0.29) is 12.0 Å². The number of aromatic amines is 1. The van der Waals surface area contributed by atoms with E-state index in [1.165, 1.54) is 7.11 Å². The molecule has 0 bridgehead atoms. The summed E-state index contributed by atoms with van der Waals surface area (Å²) in [5.41, 5.74) is -0.650. The molecule has 0 saturated heterocycles. The second-order valence-corrected chi connectivity index (χ2v) is 5.70. The summed E-state index contributed by atoms with van der Waals surface area (Å²) in [6.07, 6.45) is 4.19. The van der Waals surface area contributed by atoms with Gasteiger partial charge < -0.3 is 9.72 Å². The van der Waals surface area contributed by atoms with Gasteiger partial charge in [-0.2, -0.15) is 0 Å². The van der Waals surface area contributed by atoms with E-state index in [4.69, 9.17) is 4.74 Å². The summed E-state index contributed by atoms with van der Waals surface area (Å²) in [5, 5.41) is 4.14. The molecule has 1 aromatic rings. The Morgan fingerprint density at radius 1 is 1.67 bits per heavy atom. The van der Waals surface area contributed by atoms with Crippen LogP contribution in [0.5, 0.6) is 0 Å². The van der Waals surface area contributed by atoms with Crippen molar-refractivity contribution in [1.82, 2.24) is 15.3 Å². The number of hydrogen-bond donors (Lipinski definition) is 2. The zero-order valence-corrected chi connectivity index (χ0v) is 12.1. The third-order valence-corrected chi connectivity index (χ3v) is 3.46. The Bertz CT molecular complexity index is 367. The molecule has 1 unspecified atom stereocenters. The number of rotatable bonds is 7. The Balaban J connectivity index is 2.53. The van der Waals surface area contributed by atoms with Crippen molar-refractivity contribution in [2.75, 3.05) is 12.9 Å². The molecule has 1 heterocycles. The molecule has 1 aromatic heterocycles. The minimum Gasteiger partial charge on any atom is -0.468 e. The summed E-state index contributed by atoms with van der Waals surface area (Å²) in [4.78, 5) is 19.0. The summed E-state index contributed by atoms with van der Waals surface area (Å²) in [7, 11) is 1.42. The SMILES string of the molecule is COC(=O)C(C)(CCSc1ncc[nH]1)NC(C)C. The van der Waals surface area contributed by atoms with Gasteiger partial charge in [-0.25, -0.2) is 4.98 Å². The average Bonchev–Trinajstić information content (AvgIpc) is 2.80. The van der Waals surface area contributed by atoms with E-state index >= 15 is 0 Å². The highest BCUT2D eigenvalue weighted by Gasteiger charge is 2.34. The Hall–Kier alpha value is -1.01. The number of aromatic nitrogens is 2. The molecule has 0 saturated carbocycles. The van der Waals surface area contributed by atoms with Crippen molar-refractivity contribution in [2.45, 2.75) is 43.9 Å². The van der Waals surface area contributed by atoms with Crippen LogP contribution in [0.2, 0.25) is 0 Å². The van der Waals surface area contributed by atoms with E-state index in [0.29, 0.717) is 6.42 Å². The van der Waals surface area contributed by atoms with Crippen LogP contribution in [0.1, 0.15) is 27.2 Å². The Labute approximate surface area is 112 Å². The van der Waals surface area contributed by atoms with Crippen LogP contribution in [0.25, 0.3) is 0 Å². The molecule has 0 aliphatic heterocycles. The van der Waals surface area contributed by atoms with Gasteiger partial charge in [-0.15, -0.1) is 0 Å². The Morgan fingerprint density at radius 2 is 2.39 bits per heavy atom. The van der Waals surface area contributed by atoms with Gasteiger partial charge in [0.2, 0.25) is 0 Å². The summed E-state index contributed by atoms with van der Waals surface area (Å²) in [5.74, 6) is 0.565. The third kappa shape index (κ3) is 4.34. The predicted molar refractivity (Wildman–Crippen MR) is 72.6 cm³/mol. The highest BCUT2D eigenvalue weighted by atomic mass is 32.2. The maximum absolute atomic E-state index is 11.8. The van der Waals surface area contributed by atoms with Gasteiger partial charge in [-0.05, 0) is 27.2 Å². The molecule has 102 valence electrons. The van der Waals surface area contributed by atoms with E-state index in [0.717, 1.165) is 10.9 Å². The first-order valence-electron chi connectivity index (χ1n) is 5.96. The van der Waals surface area contributed by atoms with E-state index < -0.39 is 5.54 Å². The van der Waals surface area contributed by atoms with Crippen LogP contribution in [0, 0.1) is 0 Å². The monoisotopic (exact) mass is 271 g/mol. The van der Waals surface area contributed by atoms with Crippen molar-refractivity contribution in [2.24, 2.45) is 0 Å². The molecule has 0 aliphatic carbocycles. The van der Waals surface area contributed by atoms with E-state index in [9.17, 15) is 4.79 Å². The van der Waals surface area contributed by atoms with E-state index in [1.54, 1.807) is 24.2 Å². The van der Waals surface area contributed by atoms with Crippen molar-refractivity contribution in [3.05, 3.63) is 12.4 Å². The number of methoxy groups -OCH3 is 1. The molecule has 2 N–H and O–H groups in total. The minimum absolute atomic E-state index is 0.225. The lowest BCUT2D eigenvalue weighted by molar-refractivity contribution is -0.148. The zero-order chi connectivity index (χ0) is 13.6. The second kappa shape index (κ2) is 6.80. The number of carbonyl (C=O) groups is 1. The fourth-order valence-electron chi connectivity index (χ4n) is 1.78. The van der Waals surface area contributed by atoms with Crippen molar-refractivity contribution in [3.63, 3.8) is 0 Å². The zero-order valence-electron chi connectivity index (χ0n) is 11.3. The van der Waals surface area contributed by atoms with Gasteiger partial charge >= 0.3 is 5.97 Å². The molecule has 0 aromatic carbocycles. The number of nitrogens with zero attached hydrogens (tertiary/aromatic N) is 1. The molecule has 1 atom stereocenters. The average molecular weight is 271 g/mol. The molecule has 1 rings (SSSR count). The van der Waals surface area contributed by atoms with Gasteiger partial charge in [0.05, 0.1) is 7.11 Å². The van der Waals surface area contributed by atoms with Crippen molar-refractivity contribution in [3.8, 4) is 0 Å². The van der Waals surface area contributed by atoms with Crippen molar-refractivity contribution >= 4 is 17.7 Å². The molecule has 0 spiro atoms. The lowest BCUT2D eigenvalue weighted by Gasteiger charge is -2.30. The number of carbonyl (C=O) groups excluding carboxylic acids is 1. The number of hydrogen-bond acceptors (Lipinski definition) is 5. The third-order valence-electron chi connectivity index (χ3n) is 2.56. The van der Waals surface area contributed by atoms with Crippen LogP contribution in [-0.4, -0.2) is 40.4 Å². The Morgan fingerprint density at radius 3 is 2.89 bits per heavy atom. The number of esters is 1. The molecular weight excluding hydrogens is 250 g/mol. The van der Waals surface area contributed by atoms with Gasteiger partial charge in [-0.1, -0.05) is 11.8 Å². The summed E-state index contributed by atoms with van der Waals surface area (Å²) in [6.45, 7) is 5.91. The van der Waals surface area contributed by atoms with Gasteiger partial charge in [0.25, 0.3) is 0 Å². The first kappa shape index (κ1) is 15.0. The van der Waals surface area contributed by atoms with Gasteiger partial charge in [0, 0.05) is 24.2 Å². The van der Waals surface area contributed by atoms with Gasteiger partial charge in [-0.3, -0.25) is 10.1 Å². The van der Waals surface area contributed by atoms with Crippen molar-refractivity contribution < 1.29 is 9.53 Å². The topological polar surface area (TPSA) is 67.0 Å². The molecular formula is C12H21N3O2S. The fraction of sp³-hybridized carbons (Fsp3) is 0.667. The normalized spacial score (nSPS) is 14.5. The predicted octanol–water partition coefficient (Wildman–Crippen LogP) is 1.82. The largest absolute Gasteiger partial charge is 0.468 e. The Kier molecular flexibility index (Phi) is 5.68. The number of nitrogens with one attached hydrogen (secondary N) is 2. The molecule has 18 heavy (non-hydrogen) atoms. The quantitative estimate of drug-likeness (QED) is 0.585. The maximum atomic E-state index is 11.8. The van der Waals surface area contributed by atoms with Crippen LogP contribution in [-0.2, 0) is 9.53 Å². The number of ether oxygens (including phenoxy) is 1. The van der Waals surface area contributed by atoms with Gasteiger partial charge in [0.15, 0.2) is 5.16 Å². The van der Waals surface area contributed by atoms with Gasteiger partial charge in [0.1, 0.15) is 5.54 Å². The standard InChI is InChI=1S/C12H21N3O2S/c1-9(2)15-12(3,10(16)17-4)5-8-18-11-13-6-7-14-11/h6-7,9,15H,5,8H2,1-4H3,(H,13,14). The molecule has 0 aliphatic rings. The first-order valence-corrected chi connectivity index (χ1v) is 6.95. The number of imidazole rings is 1. The summed E-state index contributed by atoms with van der Waals surface area (Å²) in [6, 6.07) is 0.225. The number of H-pyrrole nitrogens is 1. The fourth-order valence-corrected chi connectivity index (χ4v) is 2.77. The summed E-state index contributed by atoms with van der Waals surface area (Å²) >= 11 is 1.59. The molecule has 0 fully saturated rings. The lowest BCUT2D eigenvalue weighted by Crippen LogP contribution is -2.53. The van der Waals surface area contributed by atoms with Crippen LogP contribution < -0.4 is 5.32 Å². The maximum Gasteiger partial charge on any atom is 0.325 e. The summed E-state index contributed by atoms with van der Waals surface area (Å²) < 4.78 is 4.87. The van der Waals surface area contributed by atoms with Crippen LogP contribution in [0.3, 0.4) is 0 Å². The highest BCUT2D eigenvalue weighted by molar-refractivity contribution is 7.99. The lowest BCUT2D eigenvalue weighted by atomic mass is 9.98. The first-order chi connectivity index (χ1) is 8.48.